The molecule has 6 heteroatoms. The molecule has 132 valence electrons. The number of carbonyl (C=O) groups excluding carboxylic acids is 2. The molecule has 2 amide bonds. The first-order valence-electron chi connectivity index (χ1n) is 8.02. The molecule has 0 atom stereocenters. The molecule has 0 saturated heterocycles. The Labute approximate surface area is 147 Å². The summed E-state index contributed by atoms with van der Waals surface area (Å²) in [5.74, 6) is 0.744. The fraction of sp³-hybridized carbons (Fsp3) is 0.263. The first-order chi connectivity index (χ1) is 12.2. The zero-order valence-corrected chi connectivity index (χ0v) is 14.2. The van der Waals surface area contributed by atoms with Gasteiger partial charge in [0, 0.05) is 13.1 Å². The molecule has 2 N–H and O–H groups in total. The molecule has 0 saturated carbocycles. The third-order valence-corrected chi connectivity index (χ3v) is 3.40. The van der Waals surface area contributed by atoms with Crippen molar-refractivity contribution in [1.82, 2.24) is 10.6 Å². The number of methoxy groups -OCH3 is 1. The SMILES string of the molecule is COc1ccccc1OCC(=O)NCCNC(=O)Cc1ccccc1. The van der Waals surface area contributed by atoms with E-state index < -0.39 is 0 Å². The Bertz CT molecular complexity index is 689. The summed E-state index contributed by atoms with van der Waals surface area (Å²) in [7, 11) is 1.54. The summed E-state index contributed by atoms with van der Waals surface area (Å²) in [6.45, 7) is 0.596. The van der Waals surface area contributed by atoms with Gasteiger partial charge in [-0.25, -0.2) is 0 Å². The number of hydrogen-bond acceptors (Lipinski definition) is 4. The molecule has 0 unspecified atom stereocenters. The van der Waals surface area contributed by atoms with Crippen LogP contribution in [0.2, 0.25) is 0 Å². The summed E-state index contributed by atoms with van der Waals surface area (Å²) in [6, 6.07) is 16.6. The van der Waals surface area contributed by atoms with Gasteiger partial charge in [0.05, 0.1) is 13.5 Å². The van der Waals surface area contributed by atoms with Gasteiger partial charge in [0.15, 0.2) is 18.1 Å². The Kier molecular flexibility index (Phi) is 7.31. The highest BCUT2D eigenvalue weighted by molar-refractivity contribution is 5.79. The van der Waals surface area contributed by atoms with Gasteiger partial charge in [-0.05, 0) is 17.7 Å². The summed E-state index contributed by atoms with van der Waals surface area (Å²) < 4.78 is 10.6. The van der Waals surface area contributed by atoms with E-state index in [1.54, 1.807) is 25.3 Å². The van der Waals surface area contributed by atoms with Crippen LogP contribution in [-0.2, 0) is 16.0 Å². The molecule has 2 rings (SSSR count). The Hall–Kier alpha value is -3.02. The van der Waals surface area contributed by atoms with E-state index in [2.05, 4.69) is 10.6 Å². The lowest BCUT2D eigenvalue weighted by atomic mass is 10.1. The van der Waals surface area contributed by atoms with Gasteiger partial charge in [0.2, 0.25) is 5.91 Å². The molecule has 25 heavy (non-hydrogen) atoms. The molecular formula is C19H22N2O4. The topological polar surface area (TPSA) is 76.7 Å². The van der Waals surface area contributed by atoms with Crippen molar-refractivity contribution >= 4 is 11.8 Å². The second-order valence-corrected chi connectivity index (χ2v) is 5.30. The number of nitrogens with one attached hydrogen (secondary N) is 2. The van der Waals surface area contributed by atoms with Crippen LogP contribution in [0.25, 0.3) is 0 Å². The van der Waals surface area contributed by atoms with Crippen molar-refractivity contribution in [2.75, 3.05) is 26.8 Å². The normalized spacial score (nSPS) is 9.96. The fourth-order valence-electron chi connectivity index (χ4n) is 2.18. The fourth-order valence-corrected chi connectivity index (χ4v) is 2.18. The van der Waals surface area contributed by atoms with Crippen LogP contribution in [0.1, 0.15) is 5.56 Å². The minimum Gasteiger partial charge on any atom is -0.493 e. The number of ether oxygens (including phenoxy) is 2. The molecule has 6 nitrogen and oxygen atoms in total. The van der Waals surface area contributed by atoms with Crippen LogP contribution in [0.15, 0.2) is 54.6 Å². The standard InChI is InChI=1S/C19H22N2O4/c1-24-16-9-5-6-10-17(16)25-14-19(23)21-12-11-20-18(22)13-15-7-3-2-4-8-15/h2-10H,11-14H2,1H3,(H,20,22)(H,21,23). The lowest BCUT2D eigenvalue weighted by Crippen LogP contribution is -2.37. The molecule has 0 aliphatic rings. The van der Waals surface area contributed by atoms with E-state index in [-0.39, 0.29) is 18.4 Å². The van der Waals surface area contributed by atoms with Gasteiger partial charge < -0.3 is 20.1 Å². The van der Waals surface area contributed by atoms with Gasteiger partial charge in [0.1, 0.15) is 0 Å². The number of amides is 2. The van der Waals surface area contributed by atoms with E-state index in [1.807, 2.05) is 36.4 Å². The maximum Gasteiger partial charge on any atom is 0.258 e. The predicted octanol–water partition coefficient (Wildman–Crippen LogP) is 1.55. The van der Waals surface area contributed by atoms with Crippen LogP contribution >= 0.6 is 0 Å². The molecule has 2 aromatic rings. The van der Waals surface area contributed by atoms with E-state index in [0.29, 0.717) is 31.0 Å². The van der Waals surface area contributed by atoms with Gasteiger partial charge >= 0.3 is 0 Å². The van der Waals surface area contributed by atoms with E-state index in [4.69, 9.17) is 9.47 Å². The number of carbonyl (C=O) groups is 2. The predicted molar refractivity (Wildman–Crippen MR) is 94.7 cm³/mol. The lowest BCUT2D eigenvalue weighted by Gasteiger charge is -2.11. The van der Waals surface area contributed by atoms with Crippen LogP contribution in [0.4, 0.5) is 0 Å². The van der Waals surface area contributed by atoms with Gasteiger partial charge in [-0.15, -0.1) is 0 Å². The molecule has 0 aliphatic carbocycles. The van der Waals surface area contributed by atoms with E-state index >= 15 is 0 Å². The van der Waals surface area contributed by atoms with Crippen molar-refractivity contribution in [2.24, 2.45) is 0 Å². The van der Waals surface area contributed by atoms with E-state index in [9.17, 15) is 9.59 Å². The Morgan fingerprint density at radius 2 is 1.44 bits per heavy atom. The maximum atomic E-state index is 11.8. The van der Waals surface area contributed by atoms with Crippen LogP contribution < -0.4 is 20.1 Å². The third-order valence-electron chi connectivity index (χ3n) is 3.40. The van der Waals surface area contributed by atoms with Crippen molar-refractivity contribution in [2.45, 2.75) is 6.42 Å². The van der Waals surface area contributed by atoms with Gasteiger partial charge in [-0.1, -0.05) is 42.5 Å². The van der Waals surface area contributed by atoms with Gasteiger partial charge in [-0.2, -0.15) is 0 Å². The summed E-state index contributed by atoms with van der Waals surface area (Å²) in [4.78, 5) is 23.5. The maximum absolute atomic E-state index is 11.8. The van der Waals surface area contributed by atoms with Crippen molar-refractivity contribution in [3.63, 3.8) is 0 Å². The average molecular weight is 342 g/mol. The van der Waals surface area contributed by atoms with Crippen molar-refractivity contribution in [3.05, 3.63) is 60.2 Å². The van der Waals surface area contributed by atoms with E-state index in [1.165, 1.54) is 0 Å². The molecular weight excluding hydrogens is 320 g/mol. The average Bonchev–Trinajstić information content (AvgIpc) is 2.64. The highest BCUT2D eigenvalue weighted by atomic mass is 16.5. The van der Waals surface area contributed by atoms with E-state index in [0.717, 1.165) is 5.56 Å². The molecule has 0 spiro atoms. The van der Waals surface area contributed by atoms with Crippen molar-refractivity contribution in [3.8, 4) is 11.5 Å². The zero-order valence-electron chi connectivity index (χ0n) is 14.2. The first-order valence-corrected chi connectivity index (χ1v) is 8.02. The molecule has 0 heterocycles. The molecule has 2 aromatic carbocycles. The lowest BCUT2D eigenvalue weighted by molar-refractivity contribution is -0.124. The van der Waals surface area contributed by atoms with Crippen LogP contribution in [0, 0.1) is 0 Å². The quantitative estimate of drug-likeness (QED) is 0.678. The summed E-state index contributed by atoms with van der Waals surface area (Å²) in [5, 5.41) is 5.45. The Morgan fingerprint density at radius 1 is 0.840 bits per heavy atom. The largest absolute Gasteiger partial charge is 0.493 e. The number of hydrogen-bond donors (Lipinski definition) is 2. The second-order valence-electron chi connectivity index (χ2n) is 5.30. The summed E-state index contributed by atoms with van der Waals surface area (Å²) in [5.41, 5.74) is 0.953. The molecule has 0 bridgehead atoms. The Morgan fingerprint density at radius 3 is 2.12 bits per heavy atom. The highest BCUT2D eigenvalue weighted by Gasteiger charge is 2.07. The molecule has 0 fully saturated rings. The van der Waals surface area contributed by atoms with Gasteiger partial charge in [-0.3, -0.25) is 9.59 Å². The minimum atomic E-state index is -0.261. The monoisotopic (exact) mass is 342 g/mol. The molecule has 0 aromatic heterocycles. The molecule has 0 radical (unpaired) electrons. The summed E-state index contributed by atoms with van der Waals surface area (Å²) in [6.07, 6.45) is 0.325. The zero-order chi connectivity index (χ0) is 17.9. The minimum absolute atomic E-state index is 0.0780. The van der Waals surface area contributed by atoms with Crippen molar-refractivity contribution in [1.29, 1.82) is 0 Å². The van der Waals surface area contributed by atoms with Crippen molar-refractivity contribution < 1.29 is 19.1 Å². The number of para-hydroxylation sites is 2. The van der Waals surface area contributed by atoms with Gasteiger partial charge in [0.25, 0.3) is 5.91 Å². The summed E-state index contributed by atoms with van der Waals surface area (Å²) >= 11 is 0. The van der Waals surface area contributed by atoms with Crippen LogP contribution in [-0.4, -0.2) is 38.6 Å². The van der Waals surface area contributed by atoms with Crippen LogP contribution in [0.5, 0.6) is 11.5 Å². The second kappa shape index (κ2) is 9.97. The Balaban J connectivity index is 1.61. The first kappa shape index (κ1) is 18.3. The highest BCUT2D eigenvalue weighted by Crippen LogP contribution is 2.25. The number of benzene rings is 2. The van der Waals surface area contributed by atoms with Crippen LogP contribution in [0.3, 0.4) is 0 Å². The number of rotatable bonds is 9. The third kappa shape index (κ3) is 6.55. The smallest absolute Gasteiger partial charge is 0.258 e. The molecule has 0 aliphatic heterocycles.